The Morgan fingerprint density at radius 1 is 1.38 bits per heavy atom. The monoisotopic (exact) mass is 348 g/mol. The summed E-state index contributed by atoms with van der Waals surface area (Å²) in [5.41, 5.74) is 6.27. The standard InChI is InChI=1S/C15H22Cl2N2OS/c1-4-15(2,3)19-8-10(13(21)14(18)20)9-5-6-11(16)12(17)7-9/h5-7,10,13,19,21H,4,8H2,1-3H3,(H2,18,20). The summed E-state index contributed by atoms with van der Waals surface area (Å²) < 4.78 is 0. The number of benzene rings is 1. The molecule has 0 aliphatic heterocycles. The molecule has 1 aromatic rings. The van der Waals surface area contributed by atoms with Gasteiger partial charge in [0.25, 0.3) is 0 Å². The lowest BCUT2D eigenvalue weighted by Crippen LogP contribution is -2.44. The van der Waals surface area contributed by atoms with Gasteiger partial charge in [-0.1, -0.05) is 36.2 Å². The van der Waals surface area contributed by atoms with Crippen LogP contribution in [0.4, 0.5) is 0 Å². The summed E-state index contributed by atoms with van der Waals surface area (Å²) in [6.45, 7) is 6.90. The molecule has 0 aliphatic rings. The second-order valence-electron chi connectivity index (χ2n) is 5.75. The second kappa shape index (κ2) is 7.73. The van der Waals surface area contributed by atoms with E-state index in [1.807, 2.05) is 6.07 Å². The summed E-state index contributed by atoms with van der Waals surface area (Å²) in [6, 6.07) is 5.34. The fourth-order valence-electron chi connectivity index (χ4n) is 1.86. The van der Waals surface area contributed by atoms with Crippen molar-refractivity contribution in [2.24, 2.45) is 5.73 Å². The van der Waals surface area contributed by atoms with E-state index in [0.717, 1.165) is 12.0 Å². The Labute approximate surface area is 142 Å². The Balaban J connectivity index is 3.02. The number of nitrogens with one attached hydrogen (secondary N) is 1. The molecule has 0 saturated heterocycles. The quantitative estimate of drug-likeness (QED) is 0.659. The van der Waals surface area contributed by atoms with Crippen LogP contribution in [-0.2, 0) is 4.79 Å². The number of rotatable bonds is 7. The van der Waals surface area contributed by atoms with Gasteiger partial charge in [-0.05, 0) is 38.0 Å². The SMILES string of the molecule is CCC(C)(C)NCC(c1ccc(Cl)c(Cl)c1)C(S)C(N)=O. The van der Waals surface area contributed by atoms with Crippen LogP contribution >= 0.6 is 35.8 Å². The maximum absolute atomic E-state index is 11.5. The molecule has 0 aromatic heterocycles. The van der Waals surface area contributed by atoms with Gasteiger partial charge in [-0.3, -0.25) is 4.79 Å². The lowest BCUT2D eigenvalue weighted by molar-refractivity contribution is -0.117. The van der Waals surface area contributed by atoms with Gasteiger partial charge in [-0.25, -0.2) is 0 Å². The van der Waals surface area contributed by atoms with E-state index >= 15 is 0 Å². The van der Waals surface area contributed by atoms with E-state index in [4.69, 9.17) is 28.9 Å². The second-order valence-corrected chi connectivity index (χ2v) is 7.12. The Kier molecular flexibility index (Phi) is 6.85. The molecule has 0 saturated carbocycles. The van der Waals surface area contributed by atoms with Gasteiger partial charge in [0.15, 0.2) is 0 Å². The van der Waals surface area contributed by atoms with Crippen LogP contribution in [0.15, 0.2) is 18.2 Å². The molecule has 1 amide bonds. The molecule has 0 spiro atoms. The maximum Gasteiger partial charge on any atom is 0.230 e. The highest BCUT2D eigenvalue weighted by molar-refractivity contribution is 7.81. The van der Waals surface area contributed by atoms with Gasteiger partial charge in [-0.2, -0.15) is 12.6 Å². The van der Waals surface area contributed by atoms with E-state index < -0.39 is 11.2 Å². The first kappa shape index (κ1) is 18.6. The predicted octanol–water partition coefficient (Wildman–Crippen LogP) is 3.64. The van der Waals surface area contributed by atoms with Crippen molar-refractivity contribution < 1.29 is 4.79 Å². The highest BCUT2D eigenvalue weighted by Crippen LogP contribution is 2.30. The van der Waals surface area contributed by atoms with Crippen molar-refractivity contribution in [1.29, 1.82) is 0 Å². The number of hydrogen-bond donors (Lipinski definition) is 3. The van der Waals surface area contributed by atoms with Gasteiger partial charge in [0.2, 0.25) is 5.91 Å². The van der Waals surface area contributed by atoms with Crippen LogP contribution in [0, 0.1) is 0 Å². The van der Waals surface area contributed by atoms with Crippen molar-refractivity contribution in [1.82, 2.24) is 5.32 Å². The Morgan fingerprint density at radius 3 is 2.48 bits per heavy atom. The van der Waals surface area contributed by atoms with E-state index in [9.17, 15) is 4.79 Å². The summed E-state index contributed by atoms with van der Waals surface area (Å²) in [4.78, 5) is 11.5. The molecule has 0 radical (unpaired) electrons. The molecule has 2 unspecified atom stereocenters. The molecule has 3 N–H and O–H groups in total. The number of halogens is 2. The Morgan fingerprint density at radius 2 is 2.00 bits per heavy atom. The third kappa shape index (κ3) is 5.37. The maximum atomic E-state index is 11.5. The molecule has 0 aliphatic carbocycles. The van der Waals surface area contributed by atoms with Crippen molar-refractivity contribution in [3.8, 4) is 0 Å². The van der Waals surface area contributed by atoms with Crippen LogP contribution < -0.4 is 11.1 Å². The van der Waals surface area contributed by atoms with Crippen molar-refractivity contribution in [3.05, 3.63) is 33.8 Å². The Bertz CT molecular complexity index is 508. The molecule has 0 heterocycles. The number of primary amides is 1. The third-order valence-corrected chi connectivity index (χ3v) is 5.08. The molecule has 0 bridgehead atoms. The molecule has 6 heteroatoms. The predicted molar refractivity (Wildman–Crippen MR) is 93.5 cm³/mol. The fourth-order valence-corrected chi connectivity index (χ4v) is 2.45. The molecule has 3 nitrogen and oxygen atoms in total. The van der Waals surface area contributed by atoms with Crippen LogP contribution in [0.2, 0.25) is 10.0 Å². The minimum atomic E-state index is -0.595. The zero-order chi connectivity index (χ0) is 16.2. The largest absolute Gasteiger partial charge is 0.369 e. The Hall–Kier alpha value is -0.420. The number of amides is 1. The zero-order valence-electron chi connectivity index (χ0n) is 12.5. The lowest BCUT2D eigenvalue weighted by atomic mass is 9.92. The van der Waals surface area contributed by atoms with Crippen molar-refractivity contribution in [2.45, 2.75) is 43.9 Å². The van der Waals surface area contributed by atoms with Gasteiger partial charge >= 0.3 is 0 Å². The summed E-state index contributed by atoms with van der Waals surface area (Å²) in [6.07, 6.45) is 0.967. The van der Waals surface area contributed by atoms with Crippen molar-refractivity contribution in [3.63, 3.8) is 0 Å². The van der Waals surface area contributed by atoms with Gasteiger partial charge in [0.05, 0.1) is 15.3 Å². The molecule has 1 aromatic carbocycles. The summed E-state index contributed by atoms with van der Waals surface area (Å²) in [5, 5.41) is 3.79. The number of nitrogens with two attached hydrogens (primary N) is 1. The normalized spacial score (nSPS) is 14.8. The van der Waals surface area contributed by atoms with Crippen molar-refractivity contribution in [2.75, 3.05) is 6.54 Å². The van der Waals surface area contributed by atoms with E-state index in [1.165, 1.54) is 0 Å². The summed E-state index contributed by atoms with van der Waals surface area (Å²) in [7, 11) is 0. The third-order valence-electron chi connectivity index (χ3n) is 3.73. The minimum Gasteiger partial charge on any atom is -0.369 e. The zero-order valence-corrected chi connectivity index (χ0v) is 14.9. The van der Waals surface area contributed by atoms with E-state index in [-0.39, 0.29) is 11.5 Å². The smallest absolute Gasteiger partial charge is 0.230 e. The molecule has 118 valence electrons. The lowest BCUT2D eigenvalue weighted by Gasteiger charge is -2.30. The molecule has 2 atom stereocenters. The van der Waals surface area contributed by atoms with Crippen LogP contribution in [0.1, 0.15) is 38.7 Å². The van der Waals surface area contributed by atoms with Crippen molar-refractivity contribution >= 4 is 41.7 Å². The molecular formula is C15H22Cl2N2OS. The van der Waals surface area contributed by atoms with E-state index in [1.54, 1.807) is 12.1 Å². The molecule has 1 rings (SSSR count). The molecule has 0 fully saturated rings. The van der Waals surface area contributed by atoms with Crippen LogP contribution in [0.5, 0.6) is 0 Å². The molecular weight excluding hydrogens is 327 g/mol. The first-order chi connectivity index (χ1) is 9.68. The highest BCUT2D eigenvalue weighted by Gasteiger charge is 2.27. The van der Waals surface area contributed by atoms with Gasteiger partial charge in [-0.15, -0.1) is 0 Å². The summed E-state index contributed by atoms with van der Waals surface area (Å²) in [5.74, 6) is -0.628. The first-order valence-electron chi connectivity index (χ1n) is 6.85. The van der Waals surface area contributed by atoms with Crippen LogP contribution in [0.3, 0.4) is 0 Å². The topological polar surface area (TPSA) is 55.1 Å². The summed E-state index contributed by atoms with van der Waals surface area (Å²) >= 11 is 16.4. The molecule has 21 heavy (non-hydrogen) atoms. The average molecular weight is 349 g/mol. The van der Waals surface area contributed by atoms with Gasteiger partial charge < -0.3 is 11.1 Å². The van der Waals surface area contributed by atoms with E-state index in [2.05, 4.69) is 38.7 Å². The first-order valence-corrected chi connectivity index (χ1v) is 8.12. The number of carbonyl (C=O) groups excluding carboxylic acids is 1. The number of thiol groups is 1. The highest BCUT2D eigenvalue weighted by atomic mass is 35.5. The number of hydrogen-bond acceptors (Lipinski definition) is 3. The fraction of sp³-hybridized carbons (Fsp3) is 0.533. The van der Waals surface area contributed by atoms with Gasteiger partial charge in [0.1, 0.15) is 0 Å². The number of carbonyl (C=O) groups is 1. The van der Waals surface area contributed by atoms with E-state index in [0.29, 0.717) is 16.6 Å². The minimum absolute atomic E-state index is 0.0282. The van der Waals surface area contributed by atoms with Gasteiger partial charge in [0, 0.05) is 18.0 Å². The van der Waals surface area contributed by atoms with Crippen LogP contribution in [-0.4, -0.2) is 23.2 Å². The average Bonchev–Trinajstić information content (AvgIpc) is 2.42. The van der Waals surface area contributed by atoms with Crippen LogP contribution in [0.25, 0.3) is 0 Å².